The number of nitrogens with one attached hydrogen (secondary N) is 1. The number of fused-ring (bicyclic) bond motifs is 1. The molecule has 2 rings (SSSR count). The van der Waals surface area contributed by atoms with Gasteiger partial charge in [-0.05, 0) is 26.2 Å². The van der Waals surface area contributed by atoms with Crippen LogP contribution in [-0.4, -0.2) is 29.3 Å². The van der Waals surface area contributed by atoms with Crippen molar-refractivity contribution in [3.63, 3.8) is 0 Å². The fourth-order valence-corrected chi connectivity index (χ4v) is 2.51. The summed E-state index contributed by atoms with van der Waals surface area (Å²) in [5, 5.41) is 12.8. The molecule has 0 saturated heterocycles. The minimum atomic E-state index is -1.48. The Kier molecular flexibility index (Phi) is 2.50. The third-order valence-corrected chi connectivity index (χ3v) is 3.34. The van der Waals surface area contributed by atoms with E-state index in [0.717, 1.165) is 0 Å². The first-order valence-corrected chi connectivity index (χ1v) is 5.45. The Balaban J connectivity index is 2.39. The smallest absolute Gasteiger partial charge is 0.320 e. The zero-order valence-corrected chi connectivity index (χ0v) is 9.16. The van der Waals surface area contributed by atoms with E-state index in [0.29, 0.717) is 19.3 Å². The van der Waals surface area contributed by atoms with Gasteiger partial charge in [-0.1, -0.05) is 6.08 Å². The van der Waals surface area contributed by atoms with Crippen molar-refractivity contribution in [2.75, 3.05) is 6.61 Å². The van der Waals surface area contributed by atoms with Crippen molar-refractivity contribution < 1.29 is 19.4 Å². The molecular formula is C11H15NO4. The van der Waals surface area contributed by atoms with Crippen LogP contribution in [0.1, 0.15) is 26.2 Å². The van der Waals surface area contributed by atoms with Gasteiger partial charge in [0.25, 0.3) is 0 Å². The summed E-state index contributed by atoms with van der Waals surface area (Å²) in [4.78, 5) is 23.2. The normalized spacial score (nSPS) is 36.8. The Morgan fingerprint density at radius 1 is 1.62 bits per heavy atom. The zero-order chi connectivity index (χ0) is 11.8. The highest BCUT2D eigenvalue weighted by Crippen LogP contribution is 2.48. The molecule has 2 N–H and O–H groups in total. The van der Waals surface area contributed by atoms with Crippen molar-refractivity contribution in [2.45, 2.75) is 31.9 Å². The summed E-state index contributed by atoms with van der Waals surface area (Å²) < 4.78 is 4.98. The van der Waals surface area contributed by atoms with E-state index >= 15 is 0 Å². The minimum Gasteiger partial charge on any atom is -0.465 e. The molecule has 5 nitrogen and oxygen atoms in total. The summed E-state index contributed by atoms with van der Waals surface area (Å²) in [5.74, 6) is -0.837. The Morgan fingerprint density at radius 2 is 2.38 bits per heavy atom. The molecule has 5 heteroatoms. The van der Waals surface area contributed by atoms with Crippen molar-refractivity contribution in [3.8, 4) is 0 Å². The second kappa shape index (κ2) is 3.59. The quantitative estimate of drug-likeness (QED) is 0.653. The molecule has 0 radical (unpaired) electrons. The Morgan fingerprint density at radius 3 is 3.06 bits per heavy atom. The third-order valence-electron chi connectivity index (χ3n) is 3.34. The zero-order valence-electron chi connectivity index (χ0n) is 9.16. The van der Waals surface area contributed by atoms with E-state index in [-0.39, 0.29) is 12.5 Å². The number of carbonyl (C=O) groups is 2. The highest BCUT2D eigenvalue weighted by atomic mass is 16.5. The fourth-order valence-electron chi connectivity index (χ4n) is 2.51. The Bertz CT molecular complexity index is 365. The maximum atomic E-state index is 11.9. The van der Waals surface area contributed by atoms with Crippen LogP contribution in [0.4, 0.5) is 0 Å². The lowest BCUT2D eigenvalue weighted by Crippen LogP contribution is -2.61. The number of ether oxygens (including phenoxy) is 1. The highest BCUT2D eigenvalue weighted by molar-refractivity contribution is 5.94. The second-order valence-corrected chi connectivity index (χ2v) is 4.23. The molecule has 88 valence electrons. The van der Waals surface area contributed by atoms with Crippen LogP contribution in [-0.2, 0) is 14.3 Å². The van der Waals surface area contributed by atoms with Crippen molar-refractivity contribution in [3.05, 3.63) is 12.2 Å². The van der Waals surface area contributed by atoms with Crippen molar-refractivity contribution >= 4 is 11.9 Å². The topological polar surface area (TPSA) is 75.6 Å². The molecule has 1 aliphatic carbocycles. The van der Waals surface area contributed by atoms with Gasteiger partial charge in [0.05, 0.1) is 6.61 Å². The maximum Gasteiger partial charge on any atom is 0.320 e. The van der Waals surface area contributed by atoms with Gasteiger partial charge in [-0.15, -0.1) is 0 Å². The van der Waals surface area contributed by atoms with Crippen LogP contribution in [0.5, 0.6) is 0 Å². The fraction of sp³-hybridized carbons (Fsp3) is 0.636. The van der Waals surface area contributed by atoms with Crippen LogP contribution in [0, 0.1) is 5.41 Å². The number of carbonyl (C=O) groups excluding carboxylic acids is 2. The van der Waals surface area contributed by atoms with Crippen molar-refractivity contribution in [1.82, 2.24) is 5.32 Å². The molecular weight excluding hydrogens is 210 g/mol. The number of rotatable bonds is 2. The molecule has 0 aromatic carbocycles. The number of amides is 1. The summed E-state index contributed by atoms with van der Waals surface area (Å²) in [6, 6.07) is 0. The number of aliphatic hydroxyl groups is 1. The average Bonchev–Trinajstić information content (AvgIpc) is 2.55. The molecule has 16 heavy (non-hydrogen) atoms. The van der Waals surface area contributed by atoms with E-state index in [4.69, 9.17) is 4.74 Å². The van der Waals surface area contributed by atoms with E-state index in [1.54, 1.807) is 6.92 Å². The van der Waals surface area contributed by atoms with Gasteiger partial charge in [0, 0.05) is 6.08 Å². The number of esters is 1. The largest absolute Gasteiger partial charge is 0.465 e. The summed E-state index contributed by atoms with van der Waals surface area (Å²) >= 11 is 0. The Labute approximate surface area is 93.5 Å². The molecule has 1 fully saturated rings. The van der Waals surface area contributed by atoms with Gasteiger partial charge in [0.15, 0.2) is 5.72 Å². The third kappa shape index (κ3) is 1.35. The van der Waals surface area contributed by atoms with Crippen LogP contribution in [0.3, 0.4) is 0 Å². The maximum absolute atomic E-state index is 11.9. The predicted octanol–water partition coefficient (Wildman–Crippen LogP) is 0.0944. The minimum absolute atomic E-state index is 0.262. The first-order chi connectivity index (χ1) is 7.54. The summed E-state index contributed by atoms with van der Waals surface area (Å²) in [5.41, 5.74) is -2.58. The van der Waals surface area contributed by atoms with E-state index < -0.39 is 17.1 Å². The van der Waals surface area contributed by atoms with Gasteiger partial charge in [0.1, 0.15) is 5.41 Å². The molecule has 0 bridgehead atoms. The summed E-state index contributed by atoms with van der Waals surface area (Å²) in [7, 11) is 0. The molecule has 1 amide bonds. The molecule has 1 aliphatic heterocycles. The molecule has 1 saturated carbocycles. The van der Waals surface area contributed by atoms with E-state index in [2.05, 4.69) is 5.32 Å². The second-order valence-electron chi connectivity index (χ2n) is 4.23. The van der Waals surface area contributed by atoms with E-state index in [1.165, 1.54) is 12.2 Å². The lowest BCUT2D eigenvalue weighted by atomic mass is 9.77. The lowest BCUT2D eigenvalue weighted by molar-refractivity contribution is -0.170. The van der Waals surface area contributed by atoms with Gasteiger partial charge in [-0.3, -0.25) is 9.59 Å². The van der Waals surface area contributed by atoms with Crippen LogP contribution in [0.2, 0.25) is 0 Å². The molecule has 0 aromatic rings. The molecule has 2 atom stereocenters. The van der Waals surface area contributed by atoms with Crippen LogP contribution in [0.25, 0.3) is 0 Å². The SMILES string of the molecule is CCOC(=O)C12C=CC(=O)NC1(O)CCC2. The first kappa shape index (κ1) is 11.1. The Hall–Kier alpha value is -1.36. The standard InChI is InChI=1S/C11H15NO4/c1-2-16-9(14)10-5-3-6-11(10,15)12-8(13)4-7-10/h4,7,15H,2-3,5-6H2,1H3,(H,12,13). The van der Waals surface area contributed by atoms with Crippen molar-refractivity contribution in [2.24, 2.45) is 5.41 Å². The molecule has 0 aromatic heterocycles. The molecule has 2 unspecified atom stereocenters. The predicted molar refractivity (Wildman–Crippen MR) is 55.1 cm³/mol. The van der Waals surface area contributed by atoms with Gasteiger partial charge < -0.3 is 15.2 Å². The molecule has 2 aliphatic rings. The van der Waals surface area contributed by atoms with Gasteiger partial charge in [-0.25, -0.2) is 0 Å². The monoisotopic (exact) mass is 225 g/mol. The van der Waals surface area contributed by atoms with Crippen LogP contribution in [0.15, 0.2) is 12.2 Å². The van der Waals surface area contributed by atoms with Gasteiger partial charge in [-0.2, -0.15) is 0 Å². The summed E-state index contributed by atoms with van der Waals surface area (Å²) in [6.45, 7) is 1.98. The lowest BCUT2D eigenvalue weighted by Gasteiger charge is -2.40. The molecule has 0 spiro atoms. The van der Waals surface area contributed by atoms with E-state index in [9.17, 15) is 14.7 Å². The summed E-state index contributed by atoms with van der Waals surface area (Å²) in [6.07, 6.45) is 4.33. The number of hydrogen-bond acceptors (Lipinski definition) is 4. The van der Waals surface area contributed by atoms with Crippen molar-refractivity contribution in [1.29, 1.82) is 0 Å². The van der Waals surface area contributed by atoms with Crippen LogP contribution >= 0.6 is 0 Å². The highest BCUT2D eigenvalue weighted by Gasteiger charge is 2.60. The molecule has 1 heterocycles. The van der Waals surface area contributed by atoms with Gasteiger partial charge in [0.2, 0.25) is 5.91 Å². The first-order valence-electron chi connectivity index (χ1n) is 5.45. The average molecular weight is 225 g/mol. The van der Waals surface area contributed by atoms with E-state index in [1.807, 2.05) is 0 Å². The van der Waals surface area contributed by atoms with Gasteiger partial charge >= 0.3 is 5.97 Å². The van der Waals surface area contributed by atoms with Crippen LogP contribution < -0.4 is 5.32 Å². The number of hydrogen-bond donors (Lipinski definition) is 2.